The molecular formula is C15H13N3O2S. The van der Waals surface area contributed by atoms with Gasteiger partial charge in [-0.05, 0) is 24.3 Å². The molecule has 0 N–H and O–H groups in total. The van der Waals surface area contributed by atoms with Gasteiger partial charge in [-0.3, -0.25) is 9.69 Å². The fourth-order valence-electron chi connectivity index (χ4n) is 1.81. The van der Waals surface area contributed by atoms with Crippen LogP contribution in [0.15, 0.2) is 48.7 Å². The molecule has 5 nitrogen and oxygen atoms in total. The maximum absolute atomic E-state index is 12.1. The number of para-hydroxylation sites is 1. The SMILES string of the molecule is CN(C(=O)COc1nc2ccccc2s1)c1ccccn1. The number of hydrogen-bond acceptors (Lipinski definition) is 5. The van der Waals surface area contributed by atoms with Gasteiger partial charge in [-0.15, -0.1) is 0 Å². The first-order chi connectivity index (χ1) is 10.2. The summed E-state index contributed by atoms with van der Waals surface area (Å²) in [6, 6.07) is 13.2. The second-order valence-corrected chi connectivity index (χ2v) is 5.37. The molecule has 0 unspecified atom stereocenters. The fraction of sp³-hybridized carbons (Fsp3) is 0.133. The van der Waals surface area contributed by atoms with Crippen LogP contribution in [0.2, 0.25) is 0 Å². The summed E-state index contributed by atoms with van der Waals surface area (Å²) >= 11 is 1.43. The number of benzene rings is 1. The molecule has 6 heteroatoms. The number of thiazole rings is 1. The van der Waals surface area contributed by atoms with E-state index in [1.165, 1.54) is 16.2 Å². The lowest BCUT2D eigenvalue weighted by atomic mass is 10.3. The largest absolute Gasteiger partial charge is 0.460 e. The number of aromatic nitrogens is 2. The zero-order chi connectivity index (χ0) is 14.7. The topological polar surface area (TPSA) is 55.3 Å². The van der Waals surface area contributed by atoms with Crippen molar-refractivity contribution in [2.75, 3.05) is 18.6 Å². The summed E-state index contributed by atoms with van der Waals surface area (Å²) in [5.74, 6) is 0.420. The lowest BCUT2D eigenvalue weighted by Gasteiger charge is -2.15. The molecule has 0 atom stereocenters. The van der Waals surface area contributed by atoms with Crippen molar-refractivity contribution in [3.63, 3.8) is 0 Å². The molecule has 0 saturated heterocycles. The molecule has 106 valence electrons. The quantitative estimate of drug-likeness (QED) is 0.743. The summed E-state index contributed by atoms with van der Waals surface area (Å²) in [6.45, 7) is -0.0626. The number of nitrogens with zero attached hydrogens (tertiary/aromatic N) is 3. The van der Waals surface area contributed by atoms with E-state index in [2.05, 4.69) is 9.97 Å². The predicted octanol–water partition coefficient (Wildman–Crippen LogP) is 2.73. The molecule has 0 spiro atoms. The molecule has 21 heavy (non-hydrogen) atoms. The molecule has 0 bridgehead atoms. The van der Waals surface area contributed by atoms with Gasteiger partial charge in [0.1, 0.15) is 5.82 Å². The predicted molar refractivity (Wildman–Crippen MR) is 82.8 cm³/mol. The highest BCUT2D eigenvalue weighted by molar-refractivity contribution is 7.20. The third-order valence-electron chi connectivity index (χ3n) is 2.96. The summed E-state index contributed by atoms with van der Waals surface area (Å²) in [5.41, 5.74) is 0.878. The lowest BCUT2D eigenvalue weighted by molar-refractivity contribution is -0.120. The van der Waals surface area contributed by atoms with Gasteiger partial charge >= 0.3 is 0 Å². The van der Waals surface area contributed by atoms with Gasteiger partial charge in [-0.1, -0.05) is 29.5 Å². The normalized spacial score (nSPS) is 10.5. The molecule has 0 saturated carbocycles. The number of rotatable bonds is 4. The van der Waals surface area contributed by atoms with Crippen molar-refractivity contribution < 1.29 is 9.53 Å². The molecular weight excluding hydrogens is 286 g/mol. The molecule has 0 aliphatic carbocycles. The number of carbonyl (C=O) groups excluding carboxylic acids is 1. The first-order valence-electron chi connectivity index (χ1n) is 6.40. The van der Waals surface area contributed by atoms with Crippen molar-refractivity contribution in [1.29, 1.82) is 0 Å². The molecule has 3 rings (SSSR count). The fourth-order valence-corrected chi connectivity index (χ4v) is 2.63. The van der Waals surface area contributed by atoms with Gasteiger partial charge in [0.2, 0.25) is 0 Å². The first-order valence-corrected chi connectivity index (χ1v) is 7.21. The number of likely N-dealkylation sites (N-methyl/N-ethyl adjacent to an activating group) is 1. The number of hydrogen-bond donors (Lipinski definition) is 0. The number of carbonyl (C=O) groups is 1. The number of amides is 1. The van der Waals surface area contributed by atoms with E-state index < -0.39 is 0 Å². The molecule has 1 amide bonds. The molecule has 0 fully saturated rings. The Hall–Kier alpha value is -2.47. The average molecular weight is 299 g/mol. The lowest BCUT2D eigenvalue weighted by Crippen LogP contribution is -2.31. The van der Waals surface area contributed by atoms with Gasteiger partial charge in [-0.25, -0.2) is 9.97 Å². The van der Waals surface area contributed by atoms with Gasteiger partial charge in [0, 0.05) is 13.2 Å². The average Bonchev–Trinajstić information content (AvgIpc) is 2.95. The van der Waals surface area contributed by atoms with Crippen LogP contribution in [0.25, 0.3) is 10.2 Å². The monoisotopic (exact) mass is 299 g/mol. The molecule has 3 aromatic rings. The van der Waals surface area contributed by atoms with Crippen LogP contribution in [0.4, 0.5) is 5.82 Å². The van der Waals surface area contributed by atoms with E-state index in [9.17, 15) is 4.79 Å². The van der Waals surface area contributed by atoms with Crippen molar-refractivity contribution in [3.8, 4) is 5.19 Å². The summed E-state index contributed by atoms with van der Waals surface area (Å²) in [5, 5.41) is 0.499. The third kappa shape index (κ3) is 3.00. The number of ether oxygens (including phenoxy) is 1. The Labute approximate surface area is 125 Å². The Bertz CT molecular complexity index is 725. The summed E-state index contributed by atoms with van der Waals surface area (Å²) in [4.78, 5) is 22.0. The maximum Gasteiger partial charge on any atom is 0.274 e. The molecule has 2 aromatic heterocycles. The van der Waals surface area contributed by atoms with Crippen LogP contribution >= 0.6 is 11.3 Å². The van der Waals surface area contributed by atoms with Crippen LogP contribution in [0.1, 0.15) is 0 Å². The standard InChI is InChI=1S/C15H13N3O2S/c1-18(13-8-4-5-9-16-13)14(19)10-20-15-17-11-6-2-3-7-12(11)21-15/h2-9H,10H2,1H3. The van der Waals surface area contributed by atoms with Gasteiger partial charge in [0.25, 0.3) is 11.1 Å². The van der Waals surface area contributed by atoms with Crippen LogP contribution in [-0.4, -0.2) is 29.5 Å². The highest BCUT2D eigenvalue weighted by Gasteiger charge is 2.13. The smallest absolute Gasteiger partial charge is 0.274 e. The Balaban J connectivity index is 1.65. The minimum Gasteiger partial charge on any atom is -0.460 e. The highest BCUT2D eigenvalue weighted by Crippen LogP contribution is 2.27. The number of pyridine rings is 1. The highest BCUT2D eigenvalue weighted by atomic mass is 32.1. The molecule has 0 aliphatic rings. The second kappa shape index (κ2) is 5.88. The van der Waals surface area contributed by atoms with Crippen molar-refractivity contribution in [3.05, 3.63) is 48.7 Å². The summed E-state index contributed by atoms with van der Waals surface area (Å²) < 4.78 is 6.52. The van der Waals surface area contributed by atoms with Gasteiger partial charge in [0.15, 0.2) is 6.61 Å². The zero-order valence-electron chi connectivity index (χ0n) is 11.4. The molecule has 1 aromatic carbocycles. The van der Waals surface area contributed by atoms with Gasteiger partial charge in [0.05, 0.1) is 10.2 Å². The Morgan fingerprint density at radius 2 is 2.05 bits per heavy atom. The van der Waals surface area contributed by atoms with E-state index in [4.69, 9.17) is 4.74 Å². The maximum atomic E-state index is 12.1. The van der Waals surface area contributed by atoms with Crippen LogP contribution < -0.4 is 9.64 Å². The van der Waals surface area contributed by atoms with Crippen molar-refractivity contribution in [2.24, 2.45) is 0 Å². The summed E-state index contributed by atoms with van der Waals surface area (Å²) in [6.07, 6.45) is 1.65. The minimum absolute atomic E-state index is 0.0626. The van der Waals surface area contributed by atoms with E-state index in [-0.39, 0.29) is 12.5 Å². The molecule has 0 aliphatic heterocycles. The third-order valence-corrected chi connectivity index (χ3v) is 3.91. The Morgan fingerprint density at radius 1 is 1.24 bits per heavy atom. The van der Waals surface area contributed by atoms with Gasteiger partial charge < -0.3 is 4.74 Å². The van der Waals surface area contributed by atoms with Crippen LogP contribution in [0.5, 0.6) is 5.19 Å². The van der Waals surface area contributed by atoms with Crippen molar-refractivity contribution >= 4 is 33.3 Å². The van der Waals surface area contributed by atoms with Crippen molar-refractivity contribution in [2.45, 2.75) is 0 Å². The molecule has 2 heterocycles. The number of fused-ring (bicyclic) bond motifs is 1. The number of anilines is 1. The van der Waals surface area contributed by atoms with E-state index in [0.717, 1.165) is 10.2 Å². The van der Waals surface area contributed by atoms with Crippen molar-refractivity contribution in [1.82, 2.24) is 9.97 Å². The Morgan fingerprint density at radius 3 is 2.81 bits per heavy atom. The van der Waals surface area contributed by atoms with Crippen LogP contribution in [0.3, 0.4) is 0 Å². The van der Waals surface area contributed by atoms with Crippen LogP contribution in [-0.2, 0) is 4.79 Å². The van der Waals surface area contributed by atoms with Crippen LogP contribution in [0, 0.1) is 0 Å². The minimum atomic E-state index is -0.173. The first kappa shape index (κ1) is 13.5. The summed E-state index contributed by atoms with van der Waals surface area (Å²) in [7, 11) is 1.67. The van der Waals surface area contributed by atoms with E-state index in [1.54, 1.807) is 25.4 Å². The van der Waals surface area contributed by atoms with Gasteiger partial charge in [-0.2, -0.15) is 0 Å². The van der Waals surface area contributed by atoms with E-state index in [1.807, 2.05) is 30.3 Å². The second-order valence-electron chi connectivity index (χ2n) is 4.38. The van der Waals surface area contributed by atoms with E-state index >= 15 is 0 Å². The Kier molecular flexibility index (Phi) is 3.79. The zero-order valence-corrected chi connectivity index (χ0v) is 12.2. The van der Waals surface area contributed by atoms with E-state index in [0.29, 0.717) is 11.0 Å². The molecule has 0 radical (unpaired) electrons.